The van der Waals surface area contributed by atoms with Crippen LogP contribution in [0, 0.1) is 5.92 Å². The Morgan fingerprint density at radius 2 is 2.35 bits per heavy atom. The minimum Gasteiger partial charge on any atom is -0.356 e. The van der Waals surface area contributed by atoms with Crippen LogP contribution in [0.4, 0.5) is 0 Å². The molecule has 1 fully saturated rings. The van der Waals surface area contributed by atoms with E-state index in [1.54, 1.807) is 0 Å². The second-order valence-electron chi connectivity index (χ2n) is 5.20. The Morgan fingerprint density at radius 1 is 1.50 bits per heavy atom. The molecule has 2 N–H and O–H groups in total. The lowest BCUT2D eigenvalue weighted by Crippen LogP contribution is -2.26. The van der Waals surface area contributed by atoms with E-state index < -0.39 is 0 Å². The van der Waals surface area contributed by atoms with Gasteiger partial charge in [0.05, 0.1) is 8.67 Å². The summed E-state index contributed by atoms with van der Waals surface area (Å²) in [5.74, 6) is 0.857. The number of amides is 1. The highest BCUT2D eigenvalue weighted by atomic mass is 35.5. The summed E-state index contributed by atoms with van der Waals surface area (Å²) < 4.78 is 1.45. The summed E-state index contributed by atoms with van der Waals surface area (Å²) in [6.45, 7) is 2.99. The maximum Gasteiger partial charge on any atom is 0.220 e. The van der Waals surface area contributed by atoms with Crippen LogP contribution < -0.4 is 10.6 Å². The summed E-state index contributed by atoms with van der Waals surface area (Å²) in [5, 5.41) is 6.33. The normalized spacial score (nSPS) is 18.4. The molecule has 1 amide bonds. The van der Waals surface area contributed by atoms with E-state index in [1.807, 2.05) is 6.07 Å². The Labute approximate surface area is 134 Å². The van der Waals surface area contributed by atoms with Gasteiger partial charge in [-0.15, -0.1) is 11.3 Å². The van der Waals surface area contributed by atoms with Crippen LogP contribution in [0.1, 0.15) is 31.2 Å². The molecule has 1 saturated heterocycles. The van der Waals surface area contributed by atoms with E-state index in [4.69, 9.17) is 23.2 Å². The van der Waals surface area contributed by atoms with E-state index in [2.05, 4.69) is 10.6 Å². The van der Waals surface area contributed by atoms with Crippen LogP contribution in [0.15, 0.2) is 6.07 Å². The molecule has 20 heavy (non-hydrogen) atoms. The maximum absolute atomic E-state index is 11.7. The highest BCUT2D eigenvalue weighted by Crippen LogP contribution is 2.31. The Hall–Kier alpha value is -0.290. The second kappa shape index (κ2) is 8.23. The number of hydrogen-bond donors (Lipinski definition) is 2. The molecule has 0 spiro atoms. The third-order valence-corrected chi connectivity index (χ3v) is 5.18. The van der Waals surface area contributed by atoms with Crippen molar-refractivity contribution < 1.29 is 4.79 Å². The lowest BCUT2D eigenvalue weighted by molar-refractivity contribution is -0.121. The van der Waals surface area contributed by atoms with Gasteiger partial charge in [-0.05, 0) is 56.3 Å². The van der Waals surface area contributed by atoms with Crippen LogP contribution in [0.3, 0.4) is 0 Å². The van der Waals surface area contributed by atoms with Gasteiger partial charge >= 0.3 is 0 Å². The molecule has 0 radical (unpaired) electrons. The molecule has 1 aliphatic heterocycles. The van der Waals surface area contributed by atoms with Crippen LogP contribution in [-0.2, 0) is 11.2 Å². The first-order valence-electron chi connectivity index (χ1n) is 7.06. The van der Waals surface area contributed by atoms with Crippen molar-refractivity contribution in [3.63, 3.8) is 0 Å². The molecule has 6 heteroatoms. The van der Waals surface area contributed by atoms with Gasteiger partial charge in [0.1, 0.15) is 0 Å². The van der Waals surface area contributed by atoms with Crippen molar-refractivity contribution in [3.8, 4) is 0 Å². The molecular weight excluding hydrogens is 315 g/mol. The zero-order valence-corrected chi connectivity index (χ0v) is 13.7. The molecule has 1 aromatic heterocycles. The van der Waals surface area contributed by atoms with E-state index in [1.165, 1.54) is 17.8 Å². The second-order valence-corrected chi connectivity index (χ2v) is 7.49. The molecule has 1 unspecified atom stereocenters. The van der Waals surface area contributed by atoms with Crippen molar-refractivity contribution in [1.29, 1.82) is 0 Å². The number of carbonyl (C=O) groups excluding carboxylic acids is 1. The minimum absolute atomic E-state index is 0.133. The molecule has 0 aliphatic carbocycles. The maximum atomic E-state index is 11.7. The van der Waals surface area contributed by atoms with Crippen molar-refractivity contribution >= 4 is 40.4 Å². The van der Waals surface area contributed by atoms with Gasteiger partial charge in [0.2, 0.25) is 5.91 Å². The number of halogens is 2. The molecule has 1 aliphatic rings. The molecule has 2 heterocycles. The van der Waals surface area contributed by atoms with E-state index in [9.17, 15) is 4.79 Å². The smallest absolute Gasteiger partial charge is 0.220 e. The number of aryl methyl sites for hydroxylation is 1. The van der Waals surface area contributed by atoms with Crippen LogP contribution in [0.5, 0.6) is 0 Å². The fourth-order valence-corrected chi connectivity index (χ4v) is 3.99. The van der Waals surface area contributed by atoms with Gasteiger partial charge in [-0.2, -0.15) is 0 Å². The highest BCUT2D eigenvalue weighted by molar-refractivity contribution is 7.20. The quantitative estimate of drug-likeness (QED) is 0.801. The summed E-state index contributed by atoms with van der Waals surface area (Å²) in [7, 11) is 0. The molecule has 112 valence electrons. The van der Waals surface area contributed by atoms with Gasteiger partial charge < -0.3 is 10.6 Å². The molecule has 0 bridgehead atoms. The van der Waals surface area contributed by atoms with Crippen molar-refractivity contribution in [3.05, 3.63) is 20.3 Å². The topological polar surface area (TPSA) is 41.1 Å². The molecule has 3 nitrogen and oxygen atoms in total. The highest BCUT2D eigenvalue weighted by Gasteiger charge is 2.14. The Morgan fingerprint density at radius 3 is 3.00 bits per heavy atom. The number of carbonyl (C=O) groups is 1. The van der Waals surface area contributed by atoms with Crippen LogP contribution in [-0.4, -0.2) is 25.5 Å². The minimum atomic E-state index is 0.133. The number of nitrogens with one attached hydrogen (secondary N) is 2. The average Bonchev–Trinajstić information content (AvgIpc) is 3.00. The summed E-state index contributed by atoms with van der Waals surface area (Å²) in [5.41, 5.74) is 1.05. The molecule has 0 aromatic carbocycles. The van der Waals surface area contributed by atoms with Gasteiger partial charge in [0, 0.05) is 13.0 Å². The standard InChI is InChI=1S/C14H20Cl2N2OS/c15-12-8-11(14(16)20-12)2-1-3-13(19)18-7-5-10-4-6-17-9-10/h8,10,17H,1-7,9H2,(H,18,19). The fraction of sp³-hybridized carbons (Fsp3) is 0.643. The lowest BCUT2D eigenvalue weighted by Gasteiger charge is -2.09. The molecule has 1 atom stereocenters. The number of thiophene rings is 1. The van der Waals surface area contributed by atoms with E-state index in [0.717, 1.165) is 54.7 Å². The van der Waals surface area contributed by atoms with E-state index in [-0.39, 0.29) is 5.91 Å². The van der Waals surface area contributed by atoms with Crippen LogP contribution in [0.2, 0.25) is 8.67 Å². The molecular formula is C14H20Cl2N2OS. The third kappa shape index (κ3) is 5.24. The average molecular weight is 335 g/mol. The molecule has 0 saturated carbocycles. The van der Waals surface area contributed by atoms with Crippen molar-refractivity contribution in [2.45, 2.75) is 32.1 Å². The van der Waals surface area contributed by atoms with Gasteiger partial charge in [0.15, 0.2) is 0 Å². The predicted octanol–water partition coefficient (Wildman–Crippen LogP) is 3.49. The zero-order chi connectivity index (χ0) is 14.4. The molecule has 2 rings (SSSR count). The van der Waals surface area contributed by atoms with Gasteiger partial charge in [-0.3, -0.25) is 4.79 Å². The summed E-state index contributed by atoms with van der Waals surface area (Å²) >= 11 is 13.3. The largest absolute Gasteiger partial charge is 0.356 e. The SMILES string of the molecule is O=C(CCCc1cc(Cl)sc1Cl)NCCC1CCNC1. The van der Waals surface area contributed by atoms with Crippen molar-refractivity contribution in [1.82, 2.24) is 10.6 Å². The Bertz CT molecular complexity index is 444. The van der Waals surface area contributed by atoms with E-state index in [0.29, 0.717) is 10.8 Å². The van der Waals surface area contributed by atoms with Gasteiger partial charge in [-0.25, -0.2) is 0 Å². The Kier molecular flexibility index (Phi) is 6.62. The van der Waals surface area contributed by atoms with E-state index >= 15 is 0 Å². The van der Waals surface area contributed by atoms with Gasteiger partial charge in [0.25, 0.3) is 0 Å². The first kappa shape index (κ1) is 16.1. The first-order valence-corrected chi connectivity index (χ1v) is 8.63. The zero-order valence-electron chi connectivity index (χ0n) is 11.4. The number of rotatable bonds is 7. The van der Waals surface area contributed by atoms with Crippen molar-refractivity contribution in [2.75, 3.05) is 19.6 Å². The summed E-state index contributed by atoms with van der Waals surface area (Å²) in [6, 6.07) is 1.89. The fourth-order valence-electron chi connectivity index (χ4n) is 2.45. The summed E-state index contributed by atoms with van der Waals surface area (Å²) in [6.07, 6.45) is 4.47. The van der Waals surface area contributed by atoms with Crippen LogP contribution >= 0.6 is 34.5 Å². The third-order valence-electron chi connectivity index (χ3n) is 3.61. The van der Waals surface area contributed by atoms with Crippen LogP contribution in [0.25, 0.3) is 0 Å². The van der Waals surface area contributed by atoms with Crippen molar-refractivity contribution in [2.24, 2.45) is 5.92 Å². The summed E-state index contributed by atoms with van der Waals surface area (Å²) in [4.78, 5) is 11.7. The first-order chi connectivity index (χ1) is 9.65. The van der Waals surface area contributed by atoms with Gasteiger partial charge in [-0.1, -0.05) is 23.2 Å². The monoisotopic (exact) mass is 334 g/mol. The number of hydrogen-bond acceptors (Lipinski definition) is 3. The Balaban J connectivity index is 1.56. The lowest BCUT2D eigenvalue weighted by atomic mass is 10.1. The molecule has 1 aromatic rings. The predicted molar refractivity (Wildman–Crippen MR) is 85.9 cm³/mol.